The van der Waals surface area contributed by atoms with Gasteiger partial charge in [0, 0.05) is 85.5 Å². The zero-order chi connectivity index (χ0) is 24.2. The Kier molecular flexibility index (Phi) is 8.55. The van der Waals surface area contributed by atoms with E-state index in [0.29, 0.717) is 13.1 Å². The molecule has 0 aliphatic carbocycles. The molecule has 3 aromatic rings. The highest BCUT2D eigenvalue weighted by Gasteiger charge is 2.26. The van der Waals surface area contributed by atoms with E-state index in [0.717, 1.165) is 29.9 Å². The molecule has 0 radical (unpaired) electrons. The molecule has 4 rings (SSSR count). The molecule has 0 atom stereocenters. The van der Waals surface area contributed by atoms with Crippen molar-refractivity contribution < 1.29 is 9.53 Å². The van der Waals surface area contributed by atoms with E-state index in [1.807, 2.05) is 40.8 Å². The van der Waals surface area contributed by atoms with Gasteiger partial charge in [-0.1, -0.05) is 26.0 Å². The van der Waals surface area contributed by atoms with Crippen LogP contribution in [0.1, 0.15) is 40.2 Å². The summed E-state index contributed by atoms with van der Waals surface area (Å²) in [5.74, 6) is 0. The first-order valence-electron chi connectivity index (χ1n) is 11.4. The number of fused-ring (bicyclic) bond motifs is 1. The normalized spacial score (nSPS) is 14.2. The van der Waals surface area contributed by atoms with Gasteiger partial charge in [0.25, 0.3) is 0 Å². The summed E-state index contributed by atoms with van der Waals surface area (Å²) >= 11 is 2.28. The van der Waals surface area contributed by atoms with Crippen LogP contribution in [0, 0.1) is 6.92 Å². The van der Waals surface area contributed by atoms with E-state index in [1.165, 1.54) is 16.6 Å². The summed E-state index contributed by atoms with van der Waals surface area (Å²) in [4.78, 5) is 21.1. The van der Waals surface area contributed by atoms with Gasteiger partial charge < -0.3 is 14.5 Å². The van der Waals surface area contributed by atoms with Crippen LogP contribution in [-0.2, 0) is 4.74 Å². The zero-order valence-corrected chi connectivity index (χ0v) is 23.2. The van der Waals surface area contributed by atoms with Gasteiger partial charge in [0.05, 0.1) is 0 Å². The topological polar surface area (TPSA) is 50.6 Å². The molecule has 33 heavy (non-hydrogen) atoms. The van der Waals surface area contributed by atoms with Gasteiger partial charge >= 0.3 is 6.09 Å². The Morgan fingerprint density at radius 3 is 2.27 bits per heavy atom. The van der Waals surface area contributed by atoms with Gasteiger partial charge in [-0.3, -0.25) is 3.97 Å². The molecule has 0 unspecified atom stereocenters. The summed E-state index contributed by atoms with van der Waals surface area (Å²) in [5, 5.41) is 1.18. The van der Waals surface area contributed by atoms with Crippen molar-refractivity contribution in [1.29, 1.82) is 0 Å². The number of amides is 1. The fourth-order valence-corrected chi connectivity index (χ4v) is 5.09. The smallest absolute Gasteiger partial charge is 0.410 e. The molecule has 1 amide bonds. The molecule has 2 aromatic heterocycles. The lowest BCUT2D eigenvalue weighted by atomic mass is 10.1. The molecule has 178 valence electrons. The van der Waals surface area contributed by atoms with Crippen LogP contribution in [0.5, 0.6) is 0 Å². The van der Waals surface area contributed by atoms with Crippen LogP contribution >= 0.6 is 30.3 Å². The van der Waals surface area contributed by atoms with Crippen molar-refractivity contribution >= 4 is 53.1 Å². The predicted octanol–water partition coefficient (Wildman–Crippen LogP) is 6.94. The maximum atomic E-state index is 12.3. The molecule has 8 heteroatoms. The third-order valence-electron chi connectivity index (χ3n) is 5.38. The molecule has 1 aliphatic heterocycles. The number of carbonyl (C=O) groups excluding carboxylic acids is 1. The Morgan fingerprint density at radius 2 is 1.70 bits per heavy atom. The second-order valence-corrected chi connectivity index (χ2v) is 10.5. The molecule has 1 aliphatic rings. The van der Waals surface area contributed by atoms with Crippen molar-refractivity contribution in [1.82, 2.24) is 13.9 Å². The van der Waals surface area contributed by atoms with E-state index >= 15 is 0 Å². The number of piperazine rings is 1. The molecule has 0 N–H and O–H groups in total. The minimum absolute atomic E-state index is 0.226. The van der Waals surface area contributed by atoms with E-state index in [9.17, 15) is 4.79 Å². The zero-order valence-electron chi connectivity index (χ0n) is 20.3. The first kappa shape index (κ1) is 25.7. The van der Waals surface area contributed by atoms with Crippen molar-refractivity contribution in [2.45, 2.75) is 47.1 Å². The number of rotatable bonds is 3. The highest BCUT2D eigenvalue weighted by Crippen LogP contribution is 2.31. The van der Waals surface area contributed by atoms with Crippen LogP contribution in [0.25, 0.3) is 22.2 Å². The highest BCUT2D eigenvalue weighted by molar-refractivity contribution is 14.2. The standard InChI is InChI=1S/C23H27IN4O2S.C2H6/c1-16-15-28(31-24)21-20(16)13-18(14-25-21)17-5-7-19(8-6-17)26-9-11-27(12-10-26)22(29)30-23(2,3)4;1-2/h5-8,13-15H,9-12H2,1-4H3;1-2H3. The second-order valence-electron chi connectivity index (χ2n) is 8.80. The Labute approximate surface area is 213 Å². The molecule has 0 bridgehead atoms. The van der Waals surface area contributed by atoms with Gasteiger partial charge in [-0.25, -0.2) is 9.78 Å². The van der Waals surface area contributed by atoms with Gasteiger partial charge in [0.1, 0.15) is 5.60 Å². The fraction of sp³-hybridized carbons (Fsp3) is 0.440. The maximum absolute atomic E-state index is 12.3. The number of carbonyl (C=O) groups is 1. The van der Waals surface area contributed by atoms with Gasteiger partial charge in [0.15, 0.2) is 5.65 Å². The number of aromatic nitrogens is 2. The molecule has 1 fully saturated rings. The van der Waals surface area contributed by atoms with E-state index in [-0.39, 0.29) is 6.09 Å². The summed E-state index contributed by atoms with van der Waals surface area (Å²) in [6.45, 7) is 14.8. The predicted molar refractivity (Wildman–Crippen MR) is 148 cm³/mol. The first-order chi connectivity index (χ1) is 15.7. The number of pyridine rings is 1. The van der Waals surface area contributed by atoms with Crippen molar-refractivity contribution in [3.8, 4) is 11.1 Å². The monoisotopic (exact) mass is 580 g/mol. The van der Waals surface area contributed by atoms with Crippen molar-refractivity contribution in [3.05, 3.63) is 48.3 Å². The number of benzene rings is 1. The third-order valence-corrected chi connectivity index (χ3v) is 7.08. The van der Waals surface area contributed by atoms with Crippen LogP contribution in [0.15, 0.2) is 42.7 Å². The molecular weight excluding hydrogens is 547 g/mol. The largest absolute Gasteiger partial charge is 0.444 e. The summed E-state index contributed by atoms with van der Waals surface area (Å²) < 4.78 is 7.58. The first-order valence-corrected chi connectivity index (χ1v) is 14.7. The van der Waals surface area contributed by atoms with E-state index in [4.69, 9.17) is 4.74 Å². The van der Waals surface area contributed by atoms with Crippen molar-refractivity contribution in [2.24, 2.45) is 0 Å². The number of aryl methyl sites for hydroxylation is 1. The number of anilines is 1. The molecule has 0 saturated carbocycles. The van der Waals surface area contributed by atoms with Crippen LogP contribution in [0.3, 0.4) is 0 Å². The van der Waals surface area contributed by atoms with Crippen molar-refractivity contribution in [3.63, 3.8) is 0 Å². The summed E-state index contributed by atoms with van der Waals surface area (Å²) in [6.07, 6.45) is 3.84. The quantitative estimate of drug-likeness (QED) is 0.314. The molecule has 1 saturated heterocycles. The highest BCUT2D eigenvalue weighted by atomic mass is 127. The van der Waals surface area contributed by atoms with Crippen LogP contribution < -0.4 is 4.90 Å². The Bertz CT molecular complexity index is 1080. The number of halogens is 1. The van der Waals surface area contributed by atoms with Crippen LogP contribution in [-0.4, -0.2) is 51.7 Å². The average Bonchev–Trinajstić information content (AvgIpc) is 3.14. The summed E-state index contributed by atoms with van der Waals surface area (Å²) in [5.41, 5.74) is 5.21. The summed E-state index contributed by atoms with van der Waals surface area (Å²) in [7, 11) is 1.63. The van der Waals surface area contributed by atoms with Crippen LogP contribution in [0.4, 0.5) is 10.5 Å². The van der Waals surface area contributed by atoms with Gasteiger partial charge in [-0.2, -0.15) is 0 Å². The van der Waals surface area contributed by atoms with E-state index in [1.54, 1.807) is 14.0 Å². The Morgan fingerprint density at radius 1 is 1.06 bits per heavy atom. The molecule has 3 heterocycles. The van der Waals surface area contributed by atoms with Gasteiger partial charge in [0.2, 0.25) is 0 Å². The Balaban J connectivity index is 0.00000149. The number of hydrogen-bond donors (Lipinski definition) is 0. The van der Waals surface area contributed by atoms with Crippen molar-refractivity contribution in [2.75, 3.05) is 31.1 Å². The van der Waals surface area contributed by atoms with E-state index in [2.05, 4.69) is 78.5 Å². The van der Waals surface area contributed by atoms with Crippen LogP contribution in [0.2, 0.25) is 0 Å². The second kappa shape index (κ2) is 11.0. The number of nitrogens with zero attached hydrogens (tertiary/aromatic N) is 4. The Hall–Kier alpha value is -1.94. The maximum Gasteiger partial charge on any atom is 0.410 e. The lowest BCUT2D eigenvalue weighted by Crippen LogP contribution is -2.50. The minimum Gasteiger partial charge on any atom is -0.444 e. The van der Waals surface area contributed by atoms with Gasteiger partial charge in [-0.15, -0.1) is 0 Å². The molecule has 1 aromatic carbocycles. The number of hydrogen-bond acceptors (Lipinski definition) is 5. The summed E-state index contributed by atoms with van der Waals surface area (Å²) in [6, 6.07) is 10.8. The number of ether oxygens (including phenoxy) is 1. The minimum atomic E-state index is -0.460. The fourth-order valence-electron chi connectivity index (χ4n) is 3.78. The van der Waals surface area contributed by atoms with E-state index < -0.39 is 5.60 Å². The average molecular weight is 581 g/mol. The SMILES string of the molecule is CC.Cc1cn(SI)c2ncc(-c3ccc(N4CCN(C(=O)OC(C)(C)C)CC4)cc3)cc12. The van der Waals surface area contributed by atoms with Gasteiger partial charge in [-0.05, 0) is 57.0 Å². The molecular formula is C25H33IN4O2S. The molecule has 6 nitrogen and oxygen atoms in total. The third kappa shape index (κ3) is 6.15. The lowest BCUT2D eigenvalue weighted by Gasteiger charge is -2.36. The molecule has 0 spiro atoms. The lowest BCUT2D eigenvalue weighted by molar-refractivity contribution is 0.0240.